The fraction of sp³-hybridized carbons (Fsp3) is 0.385. The Morgan fingerprint density at radius 2 is 2.25 bits per heavy atom. The SMILES string of the molecule is COC(=O)c1nc(C)cc(NCCc2nccn2C)n1. The van der Waals surface area contributed by atoms with Gasteiger partial charge in [0, 0.05) is 44.2 Å². The van der Waals surface area contributed by atoms with E-state index in [1.165, 1.54) is 7.11 Å². The van der Waals surface area contributed by atoms with Crippen LogP contribution in [0.5, 0.6) is 0 Å². The van der Waals surface area contributed by atoms with Crippen molar-refractivity contribution in [2.24, 2.45) is 7.05 Å². The second-order valence-corrected chi connectivity index (χ2v) is 4.34. The summed E-state index contributed by atoms with van der Waals surface area (Å²) in [7, 11) is 3.26. The average molecular weight is 275 g/mol. The lowest BCUT2D eigenvalue weighted by atomic mass is 10.3. The van der Waals surface area contributed by atoms with Crippen LogP contribution in [0, 0.1) is 6.92 Å². The number of anilines is 1. The molecule has 0 bridgehead atoms. The van der Waals surface area contributed by atoms with Gasteiger partial charge in [0.05, 0.1) is 7.11 Å². The second-order valence-electron chi connectivity index (χ2n) is 4.34. The molecule has 1 N–H and O–H groups in total. The summed E-state index contributed by atoms with van der Waals surface area (Å²) >= 11 is 0. The summed E-state index contributed by atoms with van der Waals surface area (Å²) in [6.45, 7) is 2.47. The van der Waals surface area contributed by atoms with Gasteiger partial charge in [-0.25, -0.2) is 19.7 Å². The molecular weight excluding hydrogens is 258 g/mol. The Bertz CT molecular complexity index is 609. The zero-order valence-corrected chi connectivity index (χ0v) is 11.8. The number of carbonyl (C=O) groups excluding carboxylic acids is 1. The Morgan fingerprint density at radius 1 is 1.45 bits per heavy atom. The second kappa shape index (κ2) is 6.14. The number of aryl methyl sites for hydroxylation is 2. The van der Waals surface area contributed by atoms with Crippen molar-refractivity contribution in [3.63, 3.8) is 0 Å². The van der Waals surface area contributed by atoms with E-state index in [0.717, 1.165) is 12.2 Å². The molecule has 2 rings (SSSR count). The van der Waals surface area contributed by atoms with Crippen LogP contribution in [0.2, 0.25) is 0 Å². The van der Waals surface area contributed by atoms with Crippen LogP contribution < -0.4 is 5.32 Å². The van der Waals surface area contributed by atoms with Crippen LogP contribution in [0.15, 0.2) is 18.5 Å². The van der Waals surface area contributed by atoms with Gasteiger partial charge in [-0.05, 0) is 6.92 Å². The smallest absolute Gasteiger partial charge is 0.376 e. The molecule has 106 valence electrons. The maximum atomic E-state index is 11.4. The van der Waals surface area contributed by atoms with Gasteiger partial charge in [0.1, 0.15) is 11.6 Å². The number of rotatable bonds is 5. The topological polar surface area (TPSA) is 81.9 Å². The van der Waals surface area contributed by atoms with Gasteiger partial charge in [-0.1, -0.05) is 0 Å². The van der Waals surface area contributed by atoms with Crippen molar-refractivity contribution in [2.75, 3.05) is 19.0 Å². The van der Waals surface area contributed by atoms with Crippen LogP contribution in [0.4, 0.5) is 5.82 Å². The number of methoxy groups -OCH3 is 1. The highest BCUT2D eigenvalue weighted by Gasteiger charge is 2.11. The maximum absolute atomic E-state index is 11.4. The van der Waals surface area contributed by atoms with E-state index in [1.54, 1.807) is 19.2 Å². The van der Waals surface area contributed by atoms with Crippen molar-refractivity contribution in [1.29, 1.82) is 0 Å². The quantitative estimate of drug-likeness (QED) is 0.818. The molecule has 0 saturated carbocycles. The first kappa shape index (κ1) is 14.0. The monoisotopic (exact) mass is 275 g/mol. The minimum Gasteiger partial charge on any atom is -0.463 e. The van der Waals surface area contributed by atoms with Crippen LogP contribution in [0.1, 0.15) is 22.1 Å². The maximum Gasteiger partial charge on any atom is 0.376 e. The van der Waals surface area contributed by atoms with E-state index in [2.05, 4.69) is 25.0 Å². The Morgan fingerprint density at radius 3 is 2.90 bits per heavy atom. The van der Waals surface area contributed by atoms with Crippen molar-refractivity contribution in [3.05, 3.63) is 35.8 Å². The number of carbonyl (C=O) groups is 1. The Kier molecular flexibility index (Phi) is 4.29. The van der Waals surface area contributed by atoms with Crippen molar-refractivity contribution < 1.29 is 9.53 Å². The van der Waals surface area contributed by atoms with Crippen LogP contribution in [0.25, 0.3) is 0 Å². The predicted octanol–water partition coefficient (Wildman–Crippen LogP) is 0.960. The first-order valence-electron chi connectivity index (χ1n) is 6.24. The van der Waals surface area contributed by atoms with Gasteiger partial charge < -0.3 is 14.6 Å². The number of ether oxygens (including phenoxy) is 1. The lowest BCUT2D eigenvalue weighted by Crippen LogP contribution is -2.13. The molecule has 0 saturated heterocycles. The zero-order valence-electron chi connectivity index (χ0n) is 11.8. The summed E-state index contributed by atoms with van der Waals surface area (Å²) < 4.78 is 6.59. The number of imidazole rings is 1. The van der Waals surface area contributed by atoms with Gasteiger partial charge in [-0.3, -0.25) is 0 Å². The van der Waals surface area contributed by atoms with E-state index in [1.807, 2.05) is 17.8 Å². The van der Waals surface area contributed by atoms with Gasteiger partial charge in [-0.15, -0.1) is 0 Å². The average Bonchev–Trinajstić information content (AvgIpc) is 2.83. The number of aromatic nitrogens is 4. The molecule has 7 heteroatoms. The van der Waals surface area contributed by atoms with Gasteiger partial charge in [0.2, 0.25) is 5.82 Å². The van der Waals surface area contributed by atoms with E-state index >= 15 is 0 Å². The summed E-state index contributed by atoms with van der Waals surface area (Å²) in [5.74, 6) is 1.11. The van der Waals surface area contributed by atoms with E-state index < -0.39 is 5.97 Å². The molecule has 0 aliphatic carbocycles. The fourth-order valence-corrected chi connectivity index (χ4v) is 1.78. The molecule has 0 atom stereocenters. The van der Waals surface area contributed by atoms with Gasteiger partial charge in [-0.2, -0.15) is 0 Å². The first-order valence-corrected chi connectivity index (χ1v) is 6.24. The van der Waals surface area contributed by atoms with Crippen LogP contribution in [-0.4, -0.2) is 39.1 Å². The predicted molar refractivity (Wildman–Crippen MR) is 73.5 cm³/mol. The summed E-state index contributed by atoms with van der Waals surface area (Å²) in [6.07, 6.45) is 4.43. The molecule has 2 aromatic heterocycles. The third-order valence-corrected chi connectivity index (χ3v) is 2.80. The van der Waals surface area contributed by atoms with Crippen molar-refractivity contribution in [2.45, 2.75) is 13.3 Å². The van der Waals surface area contributed by atoms with Gasteiger partial charge in [0.15, 0.2) is 0 Å². The molecule has 0 aromatic carbocycles. The first-order chi connectivity index (χ1) is 9.60. The lowest BCUT2D eigenvalue weighted by molar-refractivity contribution is 0.0586. The van der Waals surface area contributed by atoms with Crippen molar-refractivity contribution in [3.8, 4) is 0 Å². The Labute approximate surface area is 117 Å². The lowest BCUT2D eigenvalue weighted by Gasteiger charge is -2.07. The molecule has 0 unspecified atom stereocenters. The highest BCUT2D eigenvalue weighted by Crippen LogP contribution is 2.07. The molecule has 2 heterocycles. The highest BCUT2D eigenvalue weighted by atomic mass is 16.5. The third-order valence-electron chi connectivity index (χ3n) is 2.80. The number of esters is 1. The standard InChI is InChI=1S/C13H17N5O2/c1-9-8-10(17-12(16-9)13(19)20-3)14-5-4-11-15-6-7-18(11)2/h6-8H,4-5H2,1-3H3,(H,14,16,17). The number of hydrogen-bond acceptors (Lipinski definition) is 6. The van der Waals surface area contributed by atoms with Gasteiger partial charge in [0.25, 0.3) is 0 Å². The van der Waals surface area contributed by atoms with E-state index in [4.69, 9.17) is 0 Å². The van der Waals surface area contributed by atoms with Gasteiger partial charge >= 0.3 is 5.97 Å². The van der Waals surface area contributed by atoms with E-state index in [-0.39, 0.29) is 5.82 Å². The molecule has 0 spiro atoms. The third kappa shape index (κ3) is 3.31. The summed E-state index contributed by atoms with van der Waals surface area (Å²) in [5, 5.41) is 3.16. The molecular formula is C13H17N5O2. The number of nitrogens with zero attached hydrogens (tertiary/aromatic N) is 4. The summed E-state index contributed by atoms with van der Waals surface area (Å²) in [6, 6.07) is 1.78. The summed E-state index contributed by atoms with van der Waals surface area (Å²) in [4.78, 5) is 23.8. The van der Waals surface area contributed by atoms with Crippen LogP contribution in [0.3, 0.4) is 0 Å². The highest BCUT2D eigenvalue weighted by molar-refractivity contribution is 5.85. The zero-order chi connectivity index (χ0) is 14.5. The van der Waals surface area contributed by atoms with Crippen LogP contribution >= 0.6 is 0 Å². The molecule has 0 fully saturated rings. The summed E-state index contributed by atoms with van der Waals surface area (Å²) in [5.41, 5.74) is 0.708. The fourth-order valence-electron chi connectivity index (χ4n) is 1.78. The normalized spacial score (nSPS) is 10.3. The van der Waals surface area contributed by atoms with Crippen LogP contribution in [-0.2, 0) is 18.2 Å². The van der Waals surface area contributed by atoms with E-state index in [9.17, 15) is 4.79 Å². The number of hydrogen-bond donors (Lipinski definition) is 1. The largest absolute Gasteiger partial charge is 0.463 e. The minimum atomic E-state index is -0.541. The van der Waals surface area contributed by atoms with Crippen molar-refractivity contribution in [1.82, 2.24) is 19.5 Å². The van der Waals surface area contributed by atoms with Crippen molar-refractivity contribution >= 4 is 11.8 Å². The molecule has 0 amide bonds. The molecule has 20 heavy (non-hydrogen) atoms. The molecule has 7 nitrogen and oxygen atoms in total. The van der Waals surface area contributed by atoms with E-state index in [0.29, 0.717) is 18.1 Å². The molecule has 0 radical (unpaired) electrons. The number of nitrogens with one attached hydrogen (secondary N) is 1. The minimum absolute atomic E-state index is 0.0620. The molecule has 0 aliphatic rings. The molecule has 2 aromatic rings. The molecule has 0 aliphatic heterocycles. The Balaban J connectivity index is 2.00. The Hall–Kier alpha value is -2.44.